The largest absolute Gasteiger partial charge is 0.352 e. The van der Waals surface area contributed by atoms with Crippen LogP contribution in [-0.2, 0) is 26.2 Å². The number of nitrogens with one attached hydrogen (secondary N) is 1. The average Bonchev–Trinajstić information content (AvgIpc) is 3.45. The molecule has 3 amide bonds. The predicted molar refractivity (Wildman–Crippen MR) is 140 cm³/mol. The van der Waals surface area contributed by atoms with Crippen LogP contribution in [0.1, 0.15) is 67.8 Å². The summed E-state index contributed by atoms with van der Waals surface area (Å²) in [7, 11) is -3.94. The quantitative estimate of drug-likeness (QED) is 0.483. The van der Waals surface area contributed by atoms with E-state index in [2.05, 4.69) is 5.32 Å². The van der Waals surface area contributed by atoms with Gasteiger partial charge in [-0.1, -0.05) is 61.7 Å². The molecule has 0 spiro atoms. The zero-order valence-electron chi connectivity index (χ0n) is 20.9. The molecule has 0 bridgehead atoms. The van der Waals surface area contributed by atoms with Crippen molar-refractivity contribution < 1.29 is 22.8 Å². The first kappa shape index (κ1) is 27.1. The number of rotatable bonds is 10. The van der Waals surface area contributed by atoms with Crippen molar-refractivity contribution in [2.75, 3.05) is 6.54 Å². The number of carbonyl (C=O) groups is 3. The van der Waals surface area contributed by atoms with Gasteiger partial charge in [-0.15, -0.1) is 0 Å². The molecule has 4 rings (SSSR count). The maximum Gasteiger partial charge on any atom is 0.269 e. The van der Waals surface area contributed by atoms with E-state index < -0.39 is 22.0 Å². The minimum absolute atomic E-state index is 0.0127. The van der Waals surface area contributed by atoms with E-state index in [1.54, 1.807) is 24.3 Å². The van der Waals surface area contributed by atoms with E-state index in [4.69, 9.17) is 11.6 Å². The summed E-state index contributed by atoms with van der Waals surface area (Å²) in [5.74, 6) is -1.07. The van der Waals surface area contributed by atoms with Crippen LogP contribution in [-0.4, -0.2) is 54.0 Å². The molecule has 0 saturated heterocycles. The minimum Gasteiger partial charge on any atom is -0.352 e. The van der Waals surface area contributed by atoms with Crippen LogP contribution in [0.25, 0.3) is 0 Å². The van der Waals surface area contributed by atoms with Crippen molar-refractivity contribution in [2.45, 2.75) is 75.4 Å². The molecule has 0 aromatic heterocycles. The lowest BCUT2D eigenvalue weighted by Gasteiger charge is -2.32. The van der Waals surface area contributed by atoms with Crippen molar-refractivity contribution in [1.29, 1.82) is 0 Å². The summed E-state index contributed by atoms with van der Waals surface area (Å²) in [5, 5.41) is 3.59. The third kappa shape index (κ3) is 5.83. The molecule has 1 aliphatic heterocycles. The highest BCUT2D eigenvalue weighted by Gasteiger charge is 2.40. The number of halogens is 1. The molecule has 0 radical (unpaired) electrons. The Labute approximate surface area is 223 Å². The number of carbonyl (C=O) groups excluding carboxylic acids is 3. The SMILES string of the molecule is CC[C@@H](C(=O)NC1CCCC1)N(Cc1ccccc1Cl)C(=O)CCCN1C(=O)c2ccccc2S1(=O)=O. The third-order valence-electron chi connectivity index (χ3n) is 7.05. The molecule has 37 heavy (non-hydrogen) atoms. The standard InChI is InChI=1S/C27H32ClN3O5S/c1-2-23(26(33)29-20-11-4-5-12-20)30(18-19-10-3-7-14-22(19)28)25(32)16-9-17-31-27(34)21-13-6-8-15-24(21)37(31,35)36/h3,6-8,10,13-15,20,23H,2,4-5,9,11-12,16-18H2,1H3,(H,29,33)/t23-/m0/s1. The van der Waals surface area contributed by atoms with Crippen LogP contribution in [0.2, 0.25) is 5.02 Å². The number of amides is 3. The summed E-state index contributed by atoms with van der Waals surface area (Å²) in [6.45, 7) is 1.90. The van der Waals surface area contributed by atoms with Crippen LogP contribution < -0.4 is 5.32 Å². The Kier molecular flexibility index (Phi) is 8.54. The molecule has 8 nitrogen and oxygen atoms in total. The Morgan fingerprint density at radius 1 is 1.11 bits per heavy atom. The molecule has 1 aliphatic carbocycles. The molecular weight excluding hydrogens is 514 g/mol. The fraction of sp³-hybridized carbons (Fsp3) is 0.444. The van der Waals surface area contributed by atoms with Crippen molar-refractivity contribution in [3.8, 4) is 0 Å². The number of nitrogens with zero attached hydrogens (tertiary/aromatic N) is 2. The van der Waals surface area contributed by atoms with Crippen LogP contribution in [0.4, 0.5) is 0 Å². The van der Waals surface area contributed by atoms with E-state index in [0.29, 0.717) is 11.4 Å². The predicted octanol–water partition coefficient (Wildman–Crippen LogP) is 4.13. The van der Waals surface area contributed by atoms with Gasteiger partial charge < -0.3 is 10.2 Å². The van der Waals surface area contributed by atoms with Gasteiger partial charge in [0.2, 0.25) is 11.8 Å². The van der Waals surface area contributed by atoms with Gasteiger partial charge in [0.1, 0.15) is 10.9 Å². The molecule has 198 valence electrons. The Bertz CT molecular complexity index is 1280. The lowest BCUT2D eigenvalue weighted by molar-refractivity contribution is -0.141. The summed E-state index contributed by atoms with van der Waals surface area (Å²) in [5.41, 5.74) is 0.862. The molecule has 1 heterocycles. The van der Waals surface area contributed by atoms with Gasteiger partial charge >= 0.3 is 0 Å². The first-order chi connectivity index (χ1) is 17.7. The molecule has 0 unspecified atom stereocenters. The second-order valence-electron chi connectivity index (χ2n) is 9.51. The Morgan fingerprint density at radius 2 is 1.78 bits per heavy atom. The van der Waals surface area contributed by atoms with Gasteiger partial charge in [0, 0.05) is 30.6 Å². The van der Waals surface area contributed by atoms with Gasteiger partial charge in [0.05, 0.1) is 5.56 Å². The van der Waals surface area contributed by atoms with Gasteiger partial charge in [-0.05, 0) is 49.4 Å². The summed E-state index contributed by atoms with van der Waals surface area (Å²) in [6, 6.07) is 12.7. The summed E-state index contributed by atoms with van der Waals surface area (Å²) < 4.78 is 26.5. The molecule has 1 atom stereocenters. The number of benzene rings is 2. The summed E-state index contributed by atoms with van der Waals surface area (Å²) in [4.78, 5) is 40.9. The lowest BCUT2D eigenvalue weighted by atomic mass is 10.1. The first-order valence-electron chi connectivity index (χ1n) is 12.7. The molecule has 1 fully saturated rings. The van der Waals surface area contributed by atoms with E-state index in [9.17, 15) is 22.8 Å². The van der Waals surface area contributed by atoms with Gasteiger partial charge in [0.15, 0.2) is 0 Å². The molecular formula is C27H32ClN3O5S. The lowest BCUT2D eigenvalue weighted by Crippen LogP contribution is -2.51. The number of fused-ring (bicyclic) bond motifs is 1. The van der Waals surface area contributed by atoms with Crippen molar-refractivity contribution in [3.63, 3.8) is 0 Å². The third-order valence-corrected chi connectivity index (χ3v) is 9.26. The molecule has 2 aromatic rings. The average molecular weight is 546 g/mol. The number of hydrogen-bond donors (Lipinski definition) is 1. The van der Waals surface area contributed by atoms with Gasteiger partial charge in [0.25, 0.3) is 15.9 Å². The highest BCUT2D eigenvalue weighted by Crippen LogP contribution is 2.30. The molecule has 10 heteroatoms. The van der Waals surface area contributed by atoms with E-state index in [1.807, 2.05) is 19.1 Å². The summed E-state index contributed by atoms with van der Waals surface area (Å²) in [6.07, 6.45) is 4.55. The number of sulfonamides is 1. The highest BCUT2D eigenvalue weighted by atomic mass is 35.5. The molecule has 2 aromatic carbocycles. The zero-order chi connectivity index (χ0) is 26.6. The van der Waals surface area contributed by atoms with Crippen molar-refractivity contribution in [2.24, 2.45) is 0 Å². The monoisotopic (exact) mass is 545 g/mol. The normalized spacial score (nSPS) is 17.5. The maximum absolute atomic E-state index is 13.5. The van der Waals surface area contributed by atoms with E-state index >= 15 is 0 Å². The summed E-state index contributed by atoms with van der Waals surface area (Å²) >= 11 is 6.37. The topological polar surface area (TPSA) is 104 Å². The molecule has 1 saturated carbocycles. The van der Waals surface area contributed by atoms with Gasteiger partial charge in [-0.25, -0.2) is 12.7 Å². The van der Waals surface area contributed by atoms with Crippen molar-refractivity contribution >= 4 is 39.3 Å². The van der Waals surface area contributed by atoms with Gasteiger partial charge in [-0.3, -0.25) is 14.4 Å². The molecule has 1 N–H and O–H groups in total. The van der Waals surface area contributed by atoms with Crippen LogP contribution >= 0.6 is 11.6 Å². The maximum atomic E-state index is 13.5. The zero-order valence-corrected chi connectivity index (χ0v) is 22.4. The number of hydrogen-bond acceptors (Lipinski definition) is 5. The smallest absolute Gasteiger partial charge is 0.269 e. The Hall–Kier alpha value is -2.91. The van der Waals surface area contributed by atoms with Crippen molar-refractivity contribution in [1.82, 2.24) is 14.5 Å². The fourth-order valence-electron chi connectivity index (χ4n) is 5.07. The van der Waals surface area contributed by atoms with Crippen LogP contribution in [0.15, 0.2) is 53.4 Å². The van der Waals surface area contributed by atoms with Crippen LogP contribution in [0.3, 0.4) is 0 Å². The Morgan fingerprint density at radius 3 is 2.46 bits per heavy atom. The van der Waals surface area contributed by atoms with Crippen molar-refractivity contribution in [3.05, 3.63) is 64.7 Å². The van der Waals surface area contributed by atoms with E-state index in [-0.39, 0.29) is 54.2 Å². The second-order valence-corrected chi connectivity index (χ2v) is 11.7. The van der Waals surface area contributed by atoms with Crippen LogP contribution in [0.5, 0.6) is 0 Å². The first-order valence-corrected chi connectivity index (χ1v) is 14.5. The molecule has 2 aliphatic rings. The minimum atomic E-state index is -3.94. The van der Waals surface area contributed by atoms with Crippen LogP contribution in [0, 0.1) is 0 Å². The van der Waals surface area contributed by atoms with E-state index in [1.165, 1.54) is 17.0 Å². The fourth-order valence-corrected chi connectivity index (χ4v) is 6.87. The highest BCUT2D eigenvalue weighted by molar-refractivity contribution is 7.90. The van der Waals surface area contributed by atoms with Gasteiger partial charge in [-0.2, -0.15) is 0 Å². The Balaban J connectivity index is 1.48. The van der Waals surface area contributed by atoms with E-state index in [0.717, 1.165) is 35.6 Å². The second kappa shape index (κ2) is 11.6.